The molecule has 2 unspecified atom stereocenters. The van der Waals surface area contributed by atoms with Crippen LogP contribution in [0.2, 0.25) is 0 Å². The zero-order valence-corrected chi connectivity index (χ0v) is 14.7. The van der Waals surface area contributed by atoms with E-state index >= 15 is 0 Å². The predicted octanol–water partition coefficient (Wildman–Crippen LogP) is 3.66. The highest BCUT2D eigenvalue weighted by Gasteiger charge is 2.21. The summed E-state index contributed by atoms with van der Waals surface area (Å²) < 4.78 is 5.87. The number of hydrogen-bond donors (Lipinski definition) is 1. The molecule has 1 N–H and O–H groups in total. The average molecular weight is 319 g/mol. The van der Waals surface area contributed by atoms with Gasteiger partial charge in [0, 0.05) is 35.2 Å². The lowest BCUT2D eigenvalue weighted by molar-refractivity contribution is -0.00394. The van der Waals surface area contributed by atoms with Crippen LogP contribution in [0.15, 0.2) is 0 Å². The SMILES string of the molecule is Cc1nc(C)c2c(C)c(CNC(C)C3CCCCO3)sc2n1. The minimum atomic E-state index is 0.354. The van der Waals surface area contributed by atoms with Crippen molar-refractivity contribution in [1.29, 1.82) is 0 Å². The molecule has 1 fully saturated rings. The molecule has 0 radical (unpaired) electrons. The summed E-state index contributed by atoms with van der Waals surface area (Å²) in [6.07, 6.45) is 4.01. The van der Waals surface area contributed by atoms with E-state index in [-0.39, 0.29) is 0 Å². The van der Waals surface area contributed by atoms with E-state index in [1.54, 1.807) is 11.3 Å². The molecule has 0 spiro atoms. The molecule has 2 aromatic heterocycles. The van der Waals surface area contributed by atoms with Crippen LogP contribution in [-0.2, 0) is 11.3 Å². The molecule has 0 aliphatic carbocycles. The highest BCUT2D eigenvalue weighted by molar-refractivity contribution is 7.18. The van der Waals surface area contributed by atoms with E-state index in [1.165, 1.54) is 35.1 Å². The van der Waals surface area contributed by atoms with E-state index in [2.05, 4.69) is 36.1 Å². The van der Waals surface area contributed by atoms with Gasteiger partial charge in [0.15, 0.2) is 0 Å². The first kappa shape index (κ1) is 15.8. The number of rotatable bonds is 4. The second-order valence-electron chi connectivity index (χ2n) is 6.26. The van der Waals surface area contributed by atoms with E-state index in [0.29, 0.717) is 12.1 Å². The van der Waals surface area contributed by atoms with Gasteiger partial charge in [-0.25, -0.2) is 9.97 Å². The van der Waals surface area contributed by atoms with Crippen LogP contribution in [0.1, 0.15) is 48.1 Å². The van der Waals surface area contributed by atoms with Crippen molar-refractivity contribution >= 4 is 21.6 Å². The number of fused-ring (bicyclic) bond motifs is 1. The summed E-state index contributed by atoms with van der Waals surface area (Å²) in [4.78, 5) is 11.6. The van der Waals surface area contributed by atoms with Crippen LogP contribution < -0.4 is 5.32 Å². The van der Waals surface area contributed by atoms with Gasteiger partial charge in [-0.3, -0.25) is 0 Å². The third-order valence-electron chi connectivity index (χ3n) is 4.54. The lowest BCUT2D eigenvalue weighted by atomic mass is 10.0. The Morgan fingerprint density at radius 1 is 1.27 bits per heavy atom. The van der Waals surface area contributed by atoms with Gasteiger partial charge in [0.1, 0.15) is 10.7 Å². The highest BCUT2D eigenvalue weighted by Crippen LogP contribution is 2.31. The maximum Gasteiger partial charge on any atom is 0.127 e. The summed E-state index contributed by atoms with van der Waals surface area (Å²) in [6, 6.07) is 0.388. The van der Waals surface area contributed by atoms with Crippen LogP contribution in [0.25, 0.3) is 10.2 Å². The Balaban J connectivity index is 1.73. The second-order valence-corrected chi connectivity index (χ2v) is 7.34. The predicted molar refractivity (Wildman–Crippen MR) is 91.5 cm³/mol. The van der Waals surface area contributed by atoms with Crippen LogP contribution in [0, 0.1) is 20.8 Å². The molecular weight excluding hydrogens is 294 g/mol. The molecule has 120 valence electrons. The third kappa shape index (κ3) is 3.16. The van der Waals surface area contributed by atoms with Gasteiger partial charge in [0.25, 0.3) is 0 Å². The van der Waals surface area contributed by atoms with Crippen molar-refractivity contribution in [2.45, 2.75) is 65.6 Å². The van der Waals surface area contributed by atoms with E-state index < -0.39 is 0 Å². The number of nitrogens with zero attached hydrogens (tertiary/aromatic N) is 2. The molecule has 0 amide bonds. The smallest absolute Gasteiger partial charge is 0.127 e. The minimum absolute atomic E-state index is 0.354. The number of hydrogen-bond acceptors (Lipinski definition) is 5. The van der Waals surface area contributed by atoms with E-state index in [1.807, 2.05) is 6.92 Å². The van der Waals surface area contributed by atoms with E-state index in [9.17, 15) is 0 Å². The molecule has 22 heavy (non-hydrogen) atoms. The van der Waals surface area contributed by atoms with Crippen molar-refractivity contribution < 1.29 is 4.74 Å². The molecule has 5 heteroatoms. The molecule has 3 rings (SSSR count). The van der Waals surface area contributed by atoms with Crippen molar-refractivity contribution in [2.75, 3.05) is 6.61 Å². The van der Waals surface area contributed by atoms with Crippen LogP contribution in [0.3, 0.4) is 0 Å². The van der Waals surface area contributed by atoms with E-state index in [0.717, 1.165) is 29.5 Å². The van der Waals surface area contributed by atoms with Gasteiger partial charge < -0.3 is 10.1 Å². The standard InChI is InChI=1S/C17H25N3OS/c1-10-15(9-18-11(2)14-7-5-6-8-21-14)22-17-16(10)12(3)19-13(4)20-17/h11,14,18H,5-9H2,1-4H3. The zero-order valence-electron chi connectivity index (χ0n) is 13.9. The Morgan fingerprint density at radius 2 is 2.09 bits per heavy atom. The first-order chi connectivity index (χ1) is 10.6. The van der Waals surface area contributed by atoms with Crippen molar-refractivity contribution in [2.24, 2.45) is 0 Å². The third-order valence-corrected chi connectivity index (χ3v) is 5.72. The summed E-state index contributed by atoms with van der Waals surface area (Å²) in [5.41, 5.74) is 2.41. The average Bonchev–Trinajstić information content (AvgIpc) is 2.82. The maximum atomic E-state index is 5.87. The fourth-order valence-electron chi connectivity index (χ4n) is 3.23. The summed E-state index contributed by atoms with van der Waals surface area (Å²) in [6.45, 7) is 10.2. The maximum absolute atomic E-state index is 5.87. The molecule has 3 heterocycles. The normalized spacial score (nSPS) is 20.5. The van der Waals surface area contributed by atoms with Gasteiger partial charge in [0.05, 0.1) is 6.10 Å². The molecule has 0 aromatic carbocycles. The lowest BCUT2D eigenvalue weighted by Gasteiger charge is -2.28. The number of aromatic nitrogens is 2. The van der Waals surface area contributed by atoms with Crippen LogP contribution in [0.5, 0.6) is 0 Å². The number of aryl methyl sites for hydroxylation is 3. The molecule has 0 bridgehead atoms. The summed E-state index contributed by atoms with van der Waals surface area (Å²) >= 11 is 1.79. The molecule has 1 aliphatic rings. The Kier molecular flexibility index (Phi) is 4.76. The molecule has 4 nitrogen and oxygen atoms in total. The van der Waals surface area contributed by atoms with Gasteiger partial charge in [-0.1, -0.05) is 0 Å². The van der Waals surface area contributed by atoms with E-state index in [4.69, 9.17) is 4.74 Å². The van der Waals surface area contributed by atoms with Crippen molar-refractivity contribution in [3.8, 4) is 0 Å². The topological polar surface area (TPSA) is 47.0 Å². The second kappa shape index (κ2) is 6.60. The van der Waals surface area contributed by atoms with Crippen molar-refractivity contribution in [3.63, 3.8) is 0 Å². The molecule has 0 saturated carbocycles. The molecule has 2 atom stereocenters. The highest BCUT2D eigenvalue weighted by atomic mass is 32.1. The van der Waals surface area contributed by atoms with Gasteiger partial charge in [-0.2, -0.15) is 0 Å². The van der Waals surface area contributed by atoms with Gasteiger partial charge in [0.2, 0.25) is 0 Å². The number of thiophene rings is 1. The number of ether oxygens (including phenoxy) is 1. The zero-order chi connectivity index (χ0) is 15.7. The largest absolute Gasteiger partial charge is 0.377 e. The monoisotopic (exact) mass is 319 g/mol. The number of nitrogens with one attached hydrogen (secondary N) is 1. The van der Waals surface area contributed by atoms with Crippen LogP contribution in [0.4, 0.5) is 0 Å². The van der Waals surface area contributed by atoms with Crippen LogP contribution in [-0.4, -0.2) is 28.7 Å². The fourth-order valence-corrected chi connectivity index (χ4v) is 4.46. The minimum Gasteiger partial charge on any atom is -0.377 e. The Labute approximate surface area is 136 Å². The quantitative estimate of drug-likeness (QED) is 0.934. The van der Waals surface area contributed by atoms with Crippen molar-refractivity contribution in [3.05, 3.63) is 22.0 Å². The Bertz CT molecular complexity index is 661. The van der Waals surface area contributed by atoms with Gasteiger partial charge in [-0.05, 0) is 52.5 Å². The Morgan fingerprint density at radius 3 is 2.82 bits per heavy atom. The van der Waals surface area contributed by atoms with Gasteiger partial charge >= 0.3 is 0 Å². The Hall–Kier alpha value is -1.04. The first-order valence-corrected chi connectivity index (χ1v) is 8.96. The molecule has 2 aromatic rings. The molecular formula is C17H25N3OS. The summed E-state index contributed by atoms with van der Waals surface area (Å²) in [7, 11) is 0. The summed E-state index contributed by atoms with van der Waals surface area (Å²) in [5.74, 6) is 0.856. The fraction of sp³-hybridized carbons (Fsp3) is 0.647. The lowest BCUT2D eigenvalue weighted by Crippen LogP contribution is -2.40. The van der Waals surface area contributed by atoms with Gasteiger partial charge in [-0.15, -0.1) is 11.3 Å². The molecule has 1 aliphatic heterocycles. The van der Waals surface area contributed by atoms with Crippen LogP contribution >= 0.6 is 11.3 Å². The summed E-state index contributed by atoms with van der Waals surface area (Å²) in [5, 5.41) is 4.87. The molecule has 1 saturated heterocycles. The van der Waals surface area contributed by atoms with Crippen molar-refractivity contribution in [1.82, 2.24) is 15.3 Å². The first-order valence-electron chi connectivity index (χ1n) is 8.14.